The van der Waals surface area contributed by atoms with Gasteiger partial charge in [-0.15, -0.1) is 0 Å². The van der Waals surface area contributed by atoms with Crippen molar-refractivity contribution in [3.63, 3.8) is 0 Å². The summed E-state index contributed by atoms with van der Waals surface area (Å²) in [6.07, 6.45) is 4.99. The molecule has 1 fully saturated rings. The minimum Gasteiger partial charge on any atom is -0.297 e. The second-order valence-electron chi connectivity index (χ2n) is 5.07. The zero-order valence-electron chi connectivity index (χ0n) is 10.7. The number of nitrogens with zero attached hydrogens (tertiary/aromatic N) is 4. The van der Waals surface area contributed by atoms with Gasteiger partial charge in [0.25, 0.3) is 0 Å². The summed E-state index contributed by atoms with van der Waals surface area (Å²) in [6, 6.07) is 2.21. The van der Waals surface area contributed by atoms with Gasteiger partial charge < -0.3 is 0 Å². The summed E-state index contributed by atoms with van der Waals surface area (Å²) in [5.41, 5.74) is 2.15. The van der Waals surface area contributed by atoms with Crippen molar-refractivity contribution >= 4 is 0 Å². The molecule has 0 radical (unpaired) electrons. The molecule has 2 rings (SSSR count). The van der Waals surface area contributed by atoms with Crippen LogP contribution in [0.2, 0.25) is 0 Å². The maximum Gasteiger partial charge on any atom is 0.0807 e. The molecule has 0 aliphatic carbocycles. The van der Waals surface area contributed by atoms with Crippen molar-refractivity contribution in [1.82, 2.24) is 14.7 Å². The molecule has 0 amide bonds. The molecule has 0 spiro atoms. The first-order chi connectivity index (χ1) is 8.19. The molecule has 1 aromatic heterocycles. The van der Waals surface area contributed by atoms with E-state index in [0.29, 0.717) is 6.42 Å². The van der Waals surface area contributed by atoms with Crippen LogP contribution in [0.3, 0.4) is 0 Å². The van der Waals surface area contributed by atoms with Crippen LogP contribution in [-0.2, 0) is 20.0 Å². The number of hydrogen-bond acceptors (Lipinski definition) is 3. The maximum absolute atomic E-state index is 8.79. The summed E-state index contributed by atoms with van der Waals surface area (Å²) >= 11 is 0. The summed E-state index contributed by atoms with van der Waals surface area (Å²) in [7, 11) is 1.92. The molecule has 0 aromatic carbocycles. The van der Waals surface area contributed by atoms with Crippen LogP contribution < -0.4 is 0 Å². The number of aromatic nitrogens is 2. The van der Waals surface area contributed by atoms with E-state index in [1.807, 2.05) is 17.9 Å². The number of piperidine rings is 1. The van der Waals surface area contributed by atoms with E-state index in [9.17, 15) is 0 Å². The molecule has 0 unspecified atom stereocenters. The number of likely N-dealkylation sites (tertiary alicyclic amines) is 1. The molecule has 0 saturated carbocycles. The Kier molecular flexibility index (Phi) is 3.80. The van der Waals surface area contributed by atoms with Gasteiger partial charge in [-0.1, -0.05) is 6.92 Å². The van der Waals surface area contributed by atoms with E-state index >= 15 is 0 Å². The summed E-state index contributed by atoms with van der Waals surface area (Å²) in [4.78, 5) is 2.45. The SMILES string of the molecule is CC1CCN(Cc2nn(C)cc2CC#N)CC1. The van der Waals surface area contributed by atoms with Gasteiger partial charge in [-0.2, -0.15) is 10.4 Å². The van der Waals surface area contributed by atoms with Crippen LogP contribution in [0, 0.1) is 17.2 Å². The molecule has 0 atom stereocenters. The van der Waals surface area contributed by atoms with Gasteiger partial charge in [0.15, 0.2) is 0 Å². The van der Waals surface area contributed by atoms with Crippen LogP contribution in [0.5, 0.6) is 0 Å². The lowest BCUT2D eigenvalue weighted by molar-refractivity contribution is 0.183. The van der Waals surface area contributed by atoms with Crippen LogP contribution in [-0.4, -0.2) is 27.8 Å². The van der Waals surface area contributed by atoms with E-state index in [0.717, 1.165) is 36.8 Å². The van der Waals surface area contributed by atoms with Crippen LogP contribution in [0.15, 0.2) is 6.20 Å². The largest absolute Gasteiger partial charge is 0.297 e. The number of rotatable bonds is 3. The first-order valence-electron chi connectivity index (χ1n) is 6.29. The highest BCUT2D eigenvalue weighted by Gasteiger charge is 2.18. The van der Waals surface area contributed by atoms with Crippen molar-refractivity contribution in [2.24, 2.45) is 13.0 Å². The molecule has 1 saturated heterocycles. The van der Waals surface area contributed by atoms with E-state index in [1.54, 1.807) is 0 Å². The highest BCUT2D eigenvalue weighted by atomic mass is 15.3. The summed E-state index contributed by atoms with van der Waals surface area (Å²) in [6.45, 7) is 5.53. The Labute approximate surface area is 103 Å². The molecule has 0 bridgehead atoms. The molecule has 92 valence electrons. The fraction of sp³-hybridized carbons (Fsp3) is 0.692. The Morgan fingerprint density at radius 3 is 2.82 bits per heavy atom. The highest BCUT2D eigenvalue weighted by molar-refractivity contribution is 5.20. The topological polar surface area (TPSA) is 44.9 Å². The van der Waals surface area contributed by atoms with Gasteiger partial charge in [0.2, 0.25) is 0 Å². The standard InChI is InChI=1S/C13H20N4/c1-11-4-7-17(8-5-11)10-13-12(3-6-14)9-16(2)15-13/h9,11H,3-5,7-8,10H2,1-2H3. The minimum atomic E-state index is 0.466. The van der Waals surface area contributed by atoms with Crippen LogP contribution in [0.1, 0.15) is 31.0 Å². The molecule has 1 aromatic rings. The molecular weight excluding hydrogens is 212 g/mol. The first-order valence-corrected chi connectivity index (χ1v) is 6.29. The van der Waals surface area contributed by atoms with Crippen molar-refractivity contribution in [2.75, 3.05) is 13.1 Å². The van der Waals surface area contributed by atoms with Gasteiger partial charge >= 0.3 is 0 Å². The Balaban J connectivity index is 2.00. The van der Waals surface area contributed by atoms with Crippen molar-refractivity contribution < 1.29 is 0 Å². The van der Waals surface area contributed by atoms with Crippen molar-refractivity contribution in [1.29, 1.82) is 5.26 Å². The molecular formula is C13H20N4. The third-order valence-corrected chi connectivity index (χ3v) is 3.51. The zero-order valence-corrected chi connectivity index (χ0v) is 10.7. The van der Waals surface area contributed by atoms with Crippen molar-refractivity contribution in [3.05, 3.63) is 17.5 Å². The Bertz CT molecular complexity index is 408. The average Bonchev–Trinajstić information content (AvgIpc) is 2.63. The van der Waals surface area contributed by atoms with Crippen LogP contribution in [0.4, 0.5) is 0 Å². The highest BCUT2D eigenvalue weighted by Crippen LogP contribution is 2.19. The molecule has 1 aliphatic rings. The van der Waals surface area contributed by atoms with Gasteiger partial charge in [0, 0.05) is 25.4 Å². The number of aryl methyl sites for hydroxylation is 1. The second kappa shape index (κ2) is 5.33. The lowest BCUT2D eigenvalue weighted by atomic mass is 9.99. The third kappa shape index (κ3) is 3.07. The smallest absolute Gasteiger partial charge is 0.0807 e. The lowest BCUT2D eigenvalue weighted by Crippen LogP contribution is -2.32. The predicted octanol–water partition coefficient (Wildman–Crippen LogP) is 1.72. The lowest BCUT2D eigenvalue weighted by Gasteiger charge is -2.29. The van der Waals surface area contributed by atoms with E-state index in [1.165, 1.54) is 12.8 Å². The molecule has 4 nitrogen and oxygen atoms in total. The summed E-state index contributed by atoms with van der Waals surface area (Å²) in [5, 5.41) is 13.3. The van der Waals surface area contributed by atoms with Gasteiger partial charge in [0.1, 0.15) is 0 Å². The van der Waals surface area contributed by atoms with E-state index in [4.69, 9.17) is 5.26 Å². The van der Waals surface area contributed by atoms with E-state index in [2.05, 4.69) is 23.0 Å². The van der Waals surface area contributed by atoms with Crippen molar-refractivity contribution in [3.8, 4) is 6.07 Å². The van der Waals surface area contributed by atoms with E-state index < -0.39 is 0 Å². The normalized spacial score (nSPS) is 18.2. The first kappa shape index (κ1) is 12.1. The molecule has 4 heteroatoms. The monoisotopic (exact) mass is 232 g/mol. The molecule has 1 aliphatic heterocycles. The fourth-order valence-electron chi connectivity index (χ4n) is 2.38. The van der Waals surface area contributed by atoms with Gasteiger partial charge in [0.05, 0.1) is 18.2 Å². The van der Waals surface area contributed by atoms with Gasteiger partial charge in [-0.3, -0.25) is 9.58 Å². The zero-order chi connectivity index (χ0) is 12.3. The third-order valence-electron chi connectivity index (χ3n) is 3.51. The van der Waals surface area contributed by atoms with Crippen LogP contribution in [0.25, 0.3) is 0 Å². The summed E-state index contributed by atoms with van der Waals surface area (Å²) in [5.74, 6) is 0.855. The summed E-state index contributed by atoms with van der Waals surface area (Å²) < 4.78 is 1.81. The van der Waals surface area contributed by atoms with Gasteiger partial charge in [-0.25, -0.2) is 0 Å². The quantitative estimate of drug-likeness (QED) is 0.797. The molecule has 0 N–H and O–H groups in total. The average molecular weight is 232 g/mol. The molecule has 17 heavy (non-hydrogen) atoms. The maximum atomic E-state index is 8.79. The Morgan fingerprint density at radius 1 is 1.47 bits per heavy atom. The Hall–Kier alpha value is -1.34. The Morgan fingerprint density at radius 2 is 2.18 bits per heavy atom. The molecule has 2 heterocycles. The number of nitriles is 1. The van der Waals surface area contributed by atoms with Gasteiger partial charge in [-0.05, 0) is 31.8 Å². The fourth-order valence-corrected chi connectivity index (χ4v) is 2.38. The second-order valence-corrected chi connectivity index (χ2v) is 5.07. The van der Waals surface area contributed by atoms with Crippen molar-refractivity contribution in [2.45, 2.75) is 32.7 Å². The van der Waals surface area contributed by atoms with Crippen LogP contribution >= 0.6 is 0 Å². The predicted molar refractivity (Wildman–Crippen MR) is 66.2 cm³/mol. The minimum absolute atomic E-state index is 0.466. The number of hydrogen-bond donors (Lipinski definition) is 0. The van der Waals surface area contributed by atoms with E-state index in [-0.39, 0.29) is 0 Å².